The first kappa shape index (κ1) is 25.9. The van der Waals surface area contributed by atoms with Crippen LogP contribution in [0.3, 0.4) is 0 Å². The number of aryl methyl sites for hydroxylation is 2. The first-order chi connectivity index (χ1) is 15.2. The first-order valence-electron chi connectivity index (χ1n) is 12.1. The van der Waals surface area contributed by atoms with Crippen molar-refractivity contribution in [3.8, 4) is 0 Å². The minimum Gasteiger partial charge on any atom is -0.402 e. The van der Waals surface area contributed by atoms with Crippen molar-refractivity contribution >= 4 is 5.71 Å². The van der Waals surface area contributed by atoms with Gasteiger partial charge in [-0.1, -0.05) is 51.6 Å². The summed E-state index contributed by atoms with van der Waals surface area (Å²) in [6, 6.07) is 6.71. The molecule has 3 heteroatoms. The van der Waals surface area contributed by atoms with E-state index in [4.69, 9.17) is 10.7 Å². The van der Waals surface area contributed by atoms with E-state index in [0.717, 1.165) is 72.6 Å². The van der Waals surface area contributed by atoms with Crippen LogP contribution in [-0.4, -0.2) is 30.7 Å². The average Bonchev–Trinajstić information content (AvgIpc) is 2.77. The Morgan fingerprint density at radius 2 is 2.03 bits per heavy atom. The number of aliphatic imine (C=N–C) groups is 1. The van der Waals surface area contributed by atoms with E-state index in [0.29, 0.717) is 5.92 Å². The third-order valence-corrected chi connectivity index (χ3v) is 6.41. The smallest absolute Gasteiger partial charge is 0.0771 e. The molecule has 1 aliphatic rings. The molecule has 0 spiro atoms. The van der Waals surface area contributed by atoms with Gasteiger partial charge in [-0.15, -0.1) is 0 Å². The average molecular weight is 434 g/mol. The Balaban J connectivity index is 2.74. The molecule has 3 nitrogen and oxygen atoms in total. The summed E-state index contributed by atoms with van der Waals surface area (Å²) >= 11 is 0. The Bertz CT molecular complexity index is 941. The zero-order valence-corrected chi connectivity index (χ0v) is 21.4. The summed E-state index contributed by atoms with van der Waals surface area (Å²) in [5.74, 6) is 0.647. The number of nitrogens with zero attached hydrogens (tertiary/aromatic N) is 2. The highest BCUT2D eigenvalue weighted by molar-refractivity contribution is 6.14. The van der Waals surface area contributed by atoms with Gasteiger partial charge in [0.15, 0.2) is 0 Å². The van der Waals surface area contributed by atoms with Crippen LogP contribution in [0.2, 0.25) is 0 Å². The van der Waals surface area contributed by atoms with Crippen molar-refractivity contribution < 1.29 is 0 Å². The maximum absolute atomic E-state index is 6.59. The van der Waals surface area contributed by atoms with Crippen molar-refractivity contribution in [2.24, 2.45) is 16.6 Å². The Morgan fingerprint density at radius 1 is 1.31 bits per heavy atom. The van der Waals surface area contributed by atoms with Gasteiger partial charge in [-0.05, 0) is 81.3 Å². The third-order valence-electron chi connectivity index (χ3n) is 6.41. The molecule has 0 unspecified atom stereocenters. The van der Waals surface area contributed by atoms with Crippen LogP contribution >= 0.6 is 0 Å². The lowest BCUT2D eigenvalue weighted by molar-refractivity contribution is 0.352. The highest BCUT2D eigenvalue weighted by Crippen LogP contribution is 2.28. The van der Waals surface area contributed by atoms with E-state index in [2.05, 4.69) is 84.3 Å². The molecular weight excluding hydrogens is 390 g/mol. The second-order valence-electron chi connectivity index (χ2n) is 9.43. The summed E-state index contributed by atoms with van der Waals surface area (Å²) in [5, 5.41) is 0. The zero-order chi connectivity index (χ0) is 23.8. The van der Waals surface area contributed by atoms with Crippen LogP contribution in [-0.2, 0) is 6.42 Å². The summed E-state index contributed by atoms with van der Waals surface area (Å²) in [4.78, 5) is 7.70. The largest absolute Gasteiger partial charge is 0.402 e. The molecule has 0 amide bonds. The number of hydrogen-bond donors (Lipinski definition) is 1. The van der Waals surface area contributed by atoms with Gasteiger partial charge in [-0.3, -0.25) is 0 Å². The standard InChI is InChI=1S/C29H43N3/c1-9-21(6)28(23(10-2)14-12-20(4)5)31-29(26-19-32(8)17-16-27(26)30)25-15-13-22(7)24(11-3)18-25/h9-10,13,15,18,20H,1,11-12,14,16-17,19,30H2,2-8H3/b23-10-,28-21+,31-29?. The molecule has 0 aliphatic carbocycles. The number of benzene rings is 1. The van der Waals surface area contributed by atoms with Crippen LogP contribution < -0.4 is 5.73 Å². The monoisotopic (exact) mass is 433 g/mol. The van der Waals surface area contributed by atoms with Crippen LogP contribution in [0.1, 0.15) is 70.6 Å². The molecule has 174 valence electrons. The van der Waals surface area contributed by atoms with Gasteiger partial charge >= 0.3 is 0 Å². The van der Waals surface area contributed by atoms with Gasteiger partial charge in [0, 0.05) is 36.3 Å². The number of allylic oxidation sites excluding steroid dienone is 4. The van der Waals surface area contributed by atoms with E-state index in [9.17, 15) is 0 Å². The second kappa shape index (κ2) is 12.0. The molecule has 2 N–H and O–H groups in total. The van der Waals surface area contributed by atoms with Crippen molar-refractivity contribution in [3.63, 3.8) is 0 Å². The van der Waals surface area contributed by atoms with Gasteiger partial charge in [0.05, 0.1) is 11.4 Å². The molecule has 32 heavy (non-hydrogen) atoms. The Morgan fingerprint density at radius 3 is 2.62 bits per heavy atom. The predicted octanol–water partition coefficient (Wildman–Crippen LogP) is 6.74. The molecule has 0 atom stereocenters. The predicted molar refractivity (Wildman–Crippen MR) is 141 cm³/mol. The lowest BCUT2D eigenvalue weighted by Crippen LogP contribution is -2.33. The fourth-order valence-corrected chi connectivity index (χ4v) is 4.11. The van der Waals surface area contributed by atoms with Crippen LogP contribution in [0.4, 0.5) is 0 Å². The summed E-state index contributed by atoms with van der Waals surface area (Å²) < 4.78 is 0. The van der Waals surface area contributed by atoms with Crippen molar-refractivity contribution in [1.29, 1.82) is 0 Å². The van der Waals surface area contributed by atoms with Gasteiger partial charge in [0.1, 0.15) is 0 Å². The van der Waals surface area contributed by atoms with Gasteiger partial charge < -0.3 is 10.6 Å². The van der Waals surface area contributed by atoms with Gasteiger partial charge in [-0.25, -0.2) is 4.99 Å². The minimum atomic E-state index is 0.647. The van der Waals surface area contributed by atoms with Gasteiger partial charge in [0.25, 0.3) is 0 Å². The maximum atomic E-state index is 6.59. The summed E-state index contributed by atoms with van der Waals surface area (Å²) in [6.07, 6.45) is 8.16. The van der Waals surface area contributed by atoms with E-state index >= 15 is 0 Å². The molecule has 0 fully saturated rings. The number of rotatable bonds is 9. The lowest BCUT2D eigenvalue weighted by atomic mass is 9.92. The fourth-order valence-electron chi connectivity index (χ4n) is 4.11. The maximum Gasteiger partial charge on any atom is 0.0771 e. The van der Waals surface area contributed by atoms with E-state index in [-0.39, 0.29) is 0 Å². The van der Waals surface area contributed by atoms with Crippen LogP contribution in [0.15, 0.2) is 70.0 Å². The van der Waals surface area contributed by atoms with E-state index in [1.165, 1.54) is 16.7 Å². The zero-order valence-electron chi connectivity index (χ0n) is 21.4. The van der Waals surface area contributed by atoms with Crippen LogP contribution in [0, 0.1) is 12.8 Å². The Labute approximate surface area is 196 Å². The molecule has 1 aliphatic heterocycles. The number of hydrogen-bond acceptors (Lipinski definition) is 3. The van der Waals surface area contributed by atoms with E-state index in [1.807, 2.05) is 6.08 Å². The molecule has 1 heterocycles. The van der Waals surface area contributed by atoms with Gasteiger partial charge in [-0.2, -0.15) is 0 Å². The highest BCUT2D eigenvalue weighted by Gasteiger charge is 2.22. The molecule has 0 saturated heterocycles. The van der Waals surface area contributed by atoms with E-state index < -0.39 is 0 Å². The minimum absolute atomic E-state index is 0.647. The van der Waals surface area contributed by atoms with Crippen molar-refractivity contribution in [2.75, 3.05) is 20.1 Å². The quantitative estimate of drug-likeness (QED) is 0.346. The molecule has 1 aromatic carbocycles. The Kier molecular flexibility index (Phi) is 9.71. The first-order valence-corrected chi connectivity index (χ1v) is 12.1. The summed E-state index contributed by atoms with van der Waals surface area (Å²) in [7, 11) is 2.16. The molecular formula is C29H43N3. The third kappa shape index (κ3) is 6.56. The molecule has 0 bridgehead atoms. The van der Waals surface area contributed by atoms with E-state index in [1.54, 1.807) is 0 Å². The molecule has 0 saturated carbocycles. The van der Waals surface area contributed by atoms with Crippen molar-refractivity contribution in [1.82, 2.24) is 4.90 Å². The topological polar surface area (TPSA) is 41.6 Å². The van der Waals surface area contributed by atoms with Gasteiger partial charge in [0.2, 0.25) is 0 Å². The molecule has 0 radical (unpaired) electrons. The SMILES string of the molecule is C=C/C(C)=C(N=C(C1=C(N)CCN(C)C1)c1ccc(C)c(CC)c1)\C(=C/C)CCC(C)C. The van der Waals surface area contributed by atoms with Crippen LogP contribution in [0.25, 0.3) is 0 Å². The van der Waals surface area contributed by atoms with Crippen molar-refractivity contribution in [2.45, 2.75) is 67.2 Å². The Hall–Kier alpha value is -2.39. The normalized spacial score (nSPS) is 17.1. The highest BCUT2D eigenvalue weighted by atomic mass is 15.1. The van der Waals surface area contributed by atoms with Crippen molar-refractivity contribution in [3.05, 3.63) is 81.7 Å². The summed E-state index contributed by atoms with van der Waals surface area (Å²) in [6.45, 7) is 19.0. The second-order valence-corrected chi connectivity index (χ2v) is 9.43. The van der Waals surface area contributed by atoms with Crippen LogP contribution in [0.5, 0.6) is 0 Å². The molecule has 2 rings (SSSR count). The number of nitrogens with two attached hydrogens (primary N) is 1. The molecule has 1 aromatic rings. The lowest BCUT2D eigenvalue weighted by Gasteiger charge is -2.28. The fraction of sp³-hybridized carbons (Fsp3) is 0.483. The number of likely N-dealkylation sites (N-methyl/N-ethyl adjacent to an activating group) is 1. The molecule has 0 aromatic heterocycles. The summed E-state index contributed by atoms with van der Waals surface area (Å²) in [5.41, 5.74) is 16.9.